The molecule has 0 radical (unpaired) electrons. The van der Waals surface area contributed by atoms with Crippen LogP contribution in [-0.4, -0.2) is 33.9 Å². The third kappa shape index (κ3) is 4.30. The van der Waals surface area contributed by atoms with Crippen LogP contribution in [0.1, 0.15) is 5.56 Å². The van der Waals surface area contributed by atoms with Gasteiger partial charge in [-0.15, -0.1) is 10.2 Å². The fourth-order valence-electron chi connectivity index (χ4n) is 7.39. The van der Waals surface area contributed by atoms with Gasteiger partial charge >= 0.3 is 0 Å². The number of aromatic nitrogens is 7. The lowest BCUT2D eigenvalue weighted by Crippen LogP contribution is -2.04. The first-order valence-electron chi connectivity index (χ1n) is 16.7. The molecule has 0 saturated carbocycles. The Morgan fingerprint density at radius 1 is 0.380 bits per heavy atom. The molecular formula is C43H29N7. The van der Waals surface area contributed by atoms with E-state index < -0.39 is 0 Å². The molecule has 5 heterocycles. The van der Waals surface area contributed by atoms with Crippen molar-refractivity contribution in [1.29, 1.82) is 0 Å². The highest BCUT2D eigenvalue weighted by Gasteiger charge is 2.22. The summed E-state index contributed by atoms with van der Waals surface area (Å²) >= 11 is 0. The van der Waals surface area contributed by atoms with E-state index in [1.807, 2.05) is 24.5 Å². The maximum Gasteiger partial charge on any atom is 0.187 e. The number of nitrogens with zero attached hydrogens (tertiary/aromatic N) is 7. The molecule has 0 aliphatic carbocycles. The van der Waals surface area contributed by atoms with E-state index in [1.165, 1.54) is 21.5 Å². The summed E-state index contributed by atoms with van der Waals surface area (Å²) in [5.41, 5.74) is 10.0. The highest BCUT2D eigenvalue weighted by molar-refractivity contribution is 6.10. The topological polar surface area (TPSA) is 66.3 Å². The molecule has 0 N–H and O–H groups in total. The molecule has 0 aliphatic heterocycles. The number of hydrogen-bond donors (Lipinski definition) is 0. The Labute approximate surface area is 287 Å². The van der Waals surface area contributed by atoms with Crippen LogP contribution >= 0.6 is 0 Å². The minimum absolute atomic E-state index is 0.636. The lowest BCUT2D eigenvalue weighted by Gasteiger charge is -2.13. The van der Waals surface area contributed by atoms with Crippen LogP contribution in [-0.2, 0) is 0 Å². The molecule has 5 aromatic carbocycles. The van der Waals surface area contributed by atoms with Gasteiger partial charge in [-0.05, 0) is 73.2 Å². The molecule has 5 aromatic heterocycles. The summed E-state index contributed by atoms with van der Waals surface area (Å²) in [6.45, 7) is 2.09. The van der Waals surface area contributed by atoms with Crippen LogP contribution in [0, 0.1) is 6.92 Å². The van der Waals surface area contributed by atoms with Crippen molar-refractivity contribution in [2.45, 2.75) is 6.92 Å². The van der Waals surface area contributed by atoms with Crippen LogP contribution in [0.3, 0.4) is 0 Å². The fourth-order valence-corrected chi connectivity index (χ4v) is 7.39. The molecule has 10 aromatic rings. The van der Waals surface area contributed by atoms with Gasteiger partial charge in [0.15, 0.2) is 11.6 Å². The van der Waals surface area contributed by atoms with E-state index >= 15 is 0 Å². The summed E-state index contributed by atoms with van der Waals surface area (Å²) in [5, 5.41) is 14.4. The lowest BCUT2D eigenvalue weighted by atomic mass is 10.2. The third-order valence-corrected chi connectivity index (χ3v) is 9.54. The second-order valence-electron chi connectivity index (χ2n) is 12.6. The molecule has 0 aliphatic rings. The zero-order valence-electron chi connectivity index (χ0n) is 27.1. The van der Waals surface area contributed by atoms with Crippen LogP contribution in [0.15, 0.2) is 158 Å². The first kappa shape index (κ1) is 28.2. The molecule has 0 amide bonds. The van der Waals surface area contributed by atoms with Crippen molar-refractivity contribution in [3.63, 3.8) is 0 Å². The van der Waals surface area contributed by atoms with Crippen LogP contribution in [0.4, 0.5) is 0 Å². The largest absolute Gasteiger partial charge is 0.309 e. The van der Waals surface area contributed by atoms with E-state index in [4.69, 9.17) is 20.2 Å². The molecule has 0 saturated heterocycles. The number of pyridine rings is 2. The summed E-state index contributed by atoms with van der Waals surface area (Å²) in [6, 6.07) is 50.7. The summed E-state index contributed by atoms with van der Waals surface area (Å²) in [7, 11) is 0. The van der Waals surface area contributed by atoms with Crippen molar-refractivity contribution < 1.29 is 0 Å². The Morgan fingerprint density at radius 3 is 1.20 bits per heavy atom. The van der Waals surface area contributed by atoms with Crippen molar-refractivity contribution in [3.8, 4) is 40.1 Å². The van der Waals surface area contributed by atoms with E-state index in [1.54, 1.807) is 0 Å². The minimum Gasteiger partial charge on any atom is -0.309 e. The molecule has 7 heteroatoms. The van der Waals surface area contributed by atoms with Crippen LogP contribution in [0.2, 0.25) is 0 Å². The van der Waals surface area contributed by atoms with Gasteiger partial charge < -0.3 is 9.13 Å². The summed E-state index contributed by atoms with van der Waals surface area (Å²) in [5.74, 6) is 1.27. The predicted molar refractivity (Wildman–Crippen MR) is 201 cm³/mol. The second-order valence-corrected chi connectivity index (χ2v) is 12.6. The number of rotatable bonds is 5. The van der Waals surface area contributed by atoms with Crippen molar-refractivity contribution in [2.24, 2.45) is 0 Å². The highest BCUT2D eigenvalue weighted by atomic mass is 15.3. The molecule has 0 fully saturated rings. The van der Waals surface area contributed by atoms with Crippen molar-refractivity contribution in [1.82, 2.24) is 33.9 Å². The van der Waals surface area contributed by atoms with Gasteiger partial charge in [-0.2, -0.15) is 0 Å². The first-order chi connectivity index (χ1) is 24.7. The maximum absolute atomic E-state index is 4.86. The van der Waals surface area contributed by atoms with Gasteiger partial charge in [0.05, 0.1) is 22.1 Å². The van der Waals surface area contributed by atoms with E-state index in [0.717, 1.165) is 44.7 Å². The summed E-state index contributed by atoms with van der Waals surface area (Å²) < 4.78 is 6.66. The Balaban J connectivity index is 1.17. The molecule has 0 atom stereocenters. The number of para-hydroxylation sites is 4. The molecule has 236 valence electrons. The van der Waals surface area contributed by atoms with E-state index in [-0.39, 0.29) is 0 Å². The average molecular weight is 644 g/mol. The lowest BCUT2D eigenvalue weighted by molar-refractivity contribution is 1.04. The Kier molecular flexibility index (Phi) is 6.26. The average Bonchev–Trinajstić information content (AvgIpc) is 3.86. The van der Waals surface area contributed by atoms with Crippen molar-refractivity contribution in [2.75, 3.05) is 0 Å². The molecule has 0 unspecified atom stereocenters. The van der Waals surface area contributed by atoms with Gasteiger partial charge in [0.1, 0.15) is 11.4 Å². The van der Waals surface area contributed by atoms with Crippen molar-refractivity contribution in [3.05, 3.63) is 164 Å². The van der Waals surface area contributed by atoms with E-state index in [9.17, 15) is 0 Å². The van der Waals surface area contributed by atoms with Crippen LogP contribution in [0.25, 0.3) is 83.7 Å². The Hall–Kier alpha value is -6.86. The van der Waals surface area contributed by atoms with Gasteiger partial charge in [-0.3, -0.25) is 14.5 Å². The normalized spacial score (nSPS) is 11.7. The standard InChI is InChI=1S/C43H29N7/c1-28-11-10-12-29(25-28)50-42(36-26-30(21-23-44-36)48-38-17-6-2-13-32(38)33-14-3-7-18-39(33)48)46-47-43(50)37-27-31(22-24-45-37)49-40-19-8-4-15-34(40)35-16-5-9-20-41(35)49/h2-27H,1H3. The second kappa shape index (κ2) is 11.1. The maximum atomic E-state index is 4.86. The number of aryl methyl sites for hydroxylation is 1. The monoisotopic (exact) mass is 643 g/mol. The summed E-state index contributed by atoms with van der Waals surface area (Å²) in [6.07, 6.45) is 3.70. The minimum atomic E-state index is 0.636. The van der Waals surface area contributed by atoms with Gasteiger partial charge in [0.25, 0.3) is 0 Å². The summed E-state index contributed by atoms with van der Waals surface area (Å²) in [4.78, 5) is 9.72. The predicted octanol–water partition coefficient (Wildman–Crippen LogP) is 9.89. The molecule has 7 nitrogen and oxygen atoms in total. The first-order valence-corrected chi connectivity index (χ1v) is 16.7. The molecule has 50 heavy (non-hydrogen) atoms. The smallest absolute Gasteiger partial charge is 0.187 e. The van der Waals surface area contributed by atoms with Crippen molar-refractivity contribution >= 4 is 43.6 Å². The molecule has 0 spiro atoms. The van der Waals surface area contributed by atoms with E-state index in [2.05, 4.69) is 154 Å². The zero-order valence-corrected chi connectivity index (χ0v) is 27.1. The SMILES string of the molecule is Cc1cccc(-n2c(-c3cc(-n4c5ccccc5c5ccccc54)ccn3)nnc2-c2cc(-n3c4ccccc4c4ccccc43)ccn2)c1. The van der Waals surface area contributed by atoms with Gasteiger partial charge in [0.2, 0.25) is 0 Å². The van der Waals surface area contributed by atoms with Gasteiger partial charge in [0, 0.05) is 51.0 Å². The Morgan fingerprint density at radius 2 is 0.780 bits per heavy atom. The number of fused-ring (bicyclic) bond motifs is 6. The molecular weight excluding hydrogens is 615 g/mol. The quantitative estimate of drug-likeness (QED) is 0.187. The molecule has 10 rings (SSSR count). The zero-order chi connectivity index (χ0) is 33.2. The van der Waals surface area contributed by atoms with Gasteiger partial charge in [-0.1, -0.05) is 84.9 Å². The van der Waals surface area contributed by atoms with Crippen LogP contribution < -0.4 is 0 Å². The van der Waals surface area contributed by atoms with Gasteiger partial charge in [-0.25, -0.2) is 0 Å². The highest BCUT2D eigenvalue weighted by Crippen LogP contribution is 2.35. The third-order valence-electron chi connectivity index (χ3n) is 9.54. The van der Waals surface area contributed by atoms with E-state index in [0.29, 0.717) is 23.0 Å². The number of benzene rings is 5. The Bertz CT molecular complexity index is 2630. The number of hydrogen-bond acceptors (Lipinski definition) is 4. The fraction of sp³-hybridized carbons (Fsp3) is 0.0233. The molecule has 0 bridgehead atoms. The van der Waals surface area contributed by atoms with Crippen LogP contribution in [0.5, 0.6) is 0 Å².